The Morgan fingerprint density at radius 1 is 1.26 bits per heavy atom. The molecule has 1 aliphatic heterocycles. The van der Waals surface area contributed by atoms with Crippen LogP contribution >= 0.6 is 0 Å². The van der Waals surface area contributed by atoms with Crippen molar-refractivity contribution in [1.82, 2.24) is 5.32 Å². The van der Waals surface area contributed by atoms with Crippen molar-refractivity contribution >= 4 is 17.3 Å². The normalized spacial score (nSPS) is 16.4. The molecular weight excluding hydrogens is 344 g/mol. The molecule has 1 heterocycles. The van der Waals surface area contributed by atoms with Crippen molar-refractivity contribution in [2.75, 3.05) is 18.0 Å². The van der Waals surface area contributed by atoms with E-state index in [1.165, 1.54) is 12.1 Å². The van der Waals surface area contributed by atoms with Crippen LogP contribution in [-0.4, -0.2) is 30.0 Å². The van der Waals surface area contributed by atoms with E-state index in [2.05, 4.69) is 16.3 Å². The van der Waals surface area contributed by atoms with Gasteiger partial charge in [-0.05, 0) is 37.5 Å². The van der Waals surface area contributed by atoms with Gasteiger partial charge in [-0.15, -0.1) is 0 Å². The molecule has 7 heteroatoms. The summed E-state index contributed by atoms with van der Waals surface area (Å²) in [6, 6.07) is 15.5. The van der Waals surface area contributed by atoms with Crippen LogP contribution in [0.4, 0.5) is 11.4 Å². The summed E-state index contributed by atoms with van der Waals surface area (Å²) in [5.74, 6) is -0.134. The number of nitriles is 1. The number of nitrogens with zero attached hydrogens (tertiary/aromatic N) is 3. The fourth-order valence-electron chi connectivity index (χ4n) is 3.41. The number of carbonyl (C=O) groups excluding carboxylic acids is 1. The van der Waals surface area contributed by atoms with Crippen molar-refractivity contribution in [2.45, 2.75) is 25.3 Å². The third-order valence-corrected chi connectivity index (χ3v) is 4.78. The fourth-order valence-corrected chi connectivity index (χ4v) is 3.41. The largest absolute Gasteiger partial charge is 0.366 e. The van der Waals surface area contributed by atoms with Crippen molar-refractivity contribution in [2.24, 2.45) is 0 Å². The van der Waals surface area contributed by atoms with Gasteiger partial charge >= 0.3 is 0 Å². The third kappa shape index (κ3) is 4.23. The van der Waals surface area contributed by atoms with Gasteiger partial charge in [-0.2, -0.15) is 5.26 Å². The lowest BCUT2D eigenvalue weighted by Gasteiger charge is -2.38. The van der Waals surface area contributed by atoms with Crippen LogP contribution in [0.15, 0.2) is 48.5 Å². The number of anilines is 1. The first-order valence-electron chi connectivity index (χ1n) is 8.88. The van der Waals surface area contributed by atoms with Crippen LogP contribution in [0.1, 0.15) is 35.2 Å². The van der Waals surface area contributed by atoms with Gasteiger partial charge in [-0.1, -0.05) is 18.2 Å². The molecule has 2 aromatic carbocycles. The molecule has 7 nitrogen and oxygen atoms in total. The number of benzene rings is 2. The topological polar surface area (TPSA) is 99.3 Å². The average molecular weight is 364 g/mol. The minimum Gasteiger partial charge on any atom is -0.366 e. The summed E-state index contributed by atoms with van der Waals surface area (Å²) < 4.78 is 0. The lowest BCUT2D eigenvalue weighted by molar-refractivity contribution is -0.384. The van der Waals surface area contributed by atoms with Gasteiger partial charge < -0.3 is 10.2 Å². The number of hydrogen-bond acceptors (Lipinski definition) is 5. The summed E-state index contributed by atoms with van der Waals surface area (Å²) in [6.07, 6.45) is 2.90. The van der Waals surface area contributed by atoms with Crippen molar-refractivity contribution in [1.29, 1.82) is 5.26 Å². The van der Waals surface area contributed by atoms with Crippen LogP contribution in [-0.2, 0) is 0 Å². The number of piperidine rings is 1. The van der Waals surface area contributed by atoms with E-state index in [9.17, 15) is 20.2 Å². The van der Waals surface area contributed by atoms with Crippen molar-refractivity contribution in [3.63, 3.8) is 0 Å². The number of nitrogens with one attached hydrogen (secondary N) is 1. The predicted octanol–water partition coefficient (Wildman–Crippen LogP) is 3.26. The van der Waals surface area contributed by atoms with Gasteiger partial charge in [0.2, 0.25) is 0 Å². The Morgan fingerprint density at radius 2 is 2.04 bits per heavy atom. The SMILES string of the molecule is N#Cc1cc([N+](=O)[O-])ccc1N1CCCCC1CNC(=O)c1ccccc1. The summed E-state index contributed by atoms with van der Waals surface area (Å²) in [5, 5.41) is 23.4. The van der Waals surface area contributed by atoms with E-state index in [0.717, 1.165) is 25.8 Å². The zero-order valence-electron chi connectivity index (χ0n) is 14.8. The second kappa shape index (κ2) is 8.32. The number of nitro groups is 1. The molecule has 0 bridgehead atoms. The molecule has 0 saturated carbocycles. The van der Waals surface area contributed by atoms with Crippen LogP contribution in [0.2, 0.25) is 0 Å². The number of hydrogen-bond donors (Lipinski definition) is 1. The molecule has 3 rings (SSSR count). The van der Waals surface area contributed by atoms with E-state index in [-0.39, 0.29) is 23.2 Å². The first-order chi connectivity index (χ1) is 13.1. The minimum atomic E-state index is -0.502. The number of nitro benzene ring substituents is 1. The molecule has 1 amide bonds. The summed E-state index contributed by atoms with van der Waals surface area (Å²) in [7, 11) is 0. The average Bonchev–Trinajstić information content (AvgIpc) is 2.72. The highest BCUT2D eigenvalue weighted by atomic mass is 16.6. The molecule has 2 aromatic rings. The molecule has 0 aromatic heterocycles. The van der Waals surface area contributed by atoms with E-state index in [0.29, 0.717) is 17.8 Å². The Balaban J connectivity index is 1.77. The zero-order chi connectivity index (χ0) is 19.2. The maximum absolute atomic E-state index is 12.3. The van der Waals surface area contributed by atoms with E-state index >= 15 is 0 Å². The Morgan fingerprint density at radius 3 is 2.74 bits per heavy atom. The summed E-state index contributed by atoms with van der Waals surface area (Å²) in [6.45, 7) is 1.20. The molecule has 0 spiro atoms. The highest BCUT2D eigenvalue weighted by Gasteiger charge is 2.26. The fraction of sp³-hybridized carbons (Fsp3) is 0.300. The minimum absolute atomic E-state index is 0.0416. The van der Waals surface area contributed by atoms with Crippen LogP contribution in [0.5, 0.6) is 0 Å². The van der Waals surface area contributed by atoms with Gasteiger partial charge in [0.1, 0.15) is 6.07 Å². The predicted molar refractivity (Wildman–Crippen MR) is 102 cm³/mol. The van der Waals surface area contributed by atoms with Crippen LogP contribution < -0.4 is 10.2 Å². The highest BCUT2D eigenvalue weighted by molar-refractivity contribution is 5.94. The first kappa shape index (κ1) is 18.4. The van der Waals surface area contributed by atoms with Gasteiger partial charge in [-0.3, -0.25) is 14.9 Å². The van der Waals surface area contributed by atoms with Crippen molar-refractivity contribution < 1.29 is 9.72 Å². The molecule has 0 aliphatic carbocycles. The molecule has 0 radical (unpaired) electrons. The molecule has 1 unspecified atom stereocenters. The van der Waals surface area contributed by atoms with E-state index in [4.69, 9.17) is 0 Å². The van der Waals surface area contributed by atoms with Gasteiger partial charge in [-0.25, -0.2) is 0 Å². The summed E-state index contributed by atoms with van der Waals surface area (Å²) in [5.41, 5.74) is 1.47. The zero-order valence-corrected chi connectivity index (χ0v) is 14.8. The Labute approximate surface area is 157 Å². The van der Waals surface area contributed by atoms with Crippen molar-refractivity contribution in [3.8, 4) is 6.07 Å². The highest BCUT2D eigenvalue weighted by Crippen LogP contribution is 2.30. The lowest BCUT2D eigenvalue weighted by atomic mass is 9.99. The summed E-state index contributed by atoms with van der Waals surface area (Å²) >= 11 is 0. The Bertz CT molecular complexity index is 877. The van der Waals surface area contributed by atoms with Crippen molar-refractivity contribution in [3.05, 3.63) is 69.8 Å². The molecule has 1 aliphatic rings. The van der Waals surface area contributed by atoms with Crippen LogP contribution in [0.25, 0.3) is 0 Å². The molecular formula is C20H20N4O3. The lowest BCUT2D eigenvalue weighted by Crippen LogP contribution is -2.47. The van der Waals surface area contributed by atoms with Gasteiger partial charge in [0.05, 0.1) is 16.2 Å². The van der Waals surface area contributed by atoms with E-state index < -0.39 is 4.92 Å². The third-order valence-electron chi connectivity index (χ3n) is 4.78. The van der Waals surface area contributed by atoms with Gasteiger partial charge in [0.25, 0.3) is 11.6 Å². The van der Waals surface area contributed by atoms with Gasteiger partial charge in [0.15, 0.2) is 0 Å². The van der Waals surface area contributed by atoms with Crippen LogP contribution in [0, 0.1) is 21.4 Å². The Kier molecular flexibility index (Phi) is 5.67. The molecule has 1 N–H and O–H groups in total. The maximum atomic E-state index is 12.3. The standard InChI is InChI=1S/C20H20N4O3/c21-13-16-12-17(24(26)27)9-10-19(16)23-11-5-4-8-18(23)14-22-20(25)15-6-2-1-3-7-15/h1-3,6-7,9-10,12,18H,4-5,8,11,14H2,(H,22,25). The quantitative estimate of drug-likeness (QED) is 0.648. The van der Waals surface area contributed by atoms with Gasteiger partial charge in [0, 0.05) is 36.8 Å². The smallest absolute Gasteiger partial charge is 0.270 e. The number of rotatable bonds is 5. The first-order valence-corrected chi connectivity index (χ1v) is 8.88. The molecule has 1 atom stereocenters. The van der Waals surface area contributed by atoms with E-state index in [1.54, 1.807) is 18.2 Å². The second-order valence-electron chi connectivity index (χ2n) is 6.49. The number of non-ortho nitro benzene ring substituents is 1. The van der Waals surface area contributed by atoms with Crippen LogP contribution in [0.3, 0.4) is 0 Å². The Hall–Kier alpha value is -3.40. The molecule has 1 fully saturated rings. The molecule has 138 valence electrons. The maximum Gasteiger partial charge on any atom is 0.270 e. The second-order valence-corrected chi connectivity index (χ2v) is 6.49. The molecule has 27 heavy (non-hydrogen) atoms. The van der Waals surface area contributed by atoms with E-state index in [1.807, 2.05) is 18.2 Å². The molecule has 1 saturated heterocycles. The number of carbonyl (C=O) groups is 1. The monoisotopic (exact) mass is 364 g/mol. The number of amides is 1. The summed E-state index contributed by atoms with van der Waals surface area (Å²) in [4.78, 5) is 24.9.